The molecule has 4 nitrogen and oxygen atoms in total. The van der Waals surface area contributed by atoms with Crippen molar-refractivity contribution < 1.29 is 9.53 Å². The van der Waals surface area contributed by atoms with E-state index in [4.69, 9.17) is 10.5 Å². The molecule has 0 heterocycles. The smallest absolute Gasteiger partial charge is 0.251 e. The van der Waals surface area contributed by atoms with Gasteiger partial charge in [0.05, 0.1) is 5.54 Å². The number of amides is 1. The molecule has 1 atom stereocenters. The minimum absolute atomic E-state index is 0.137. The molecule has 0 saturated heterocycles. The Balaban J connectivity index is 2.05. The highest BCUT2D eigenvalue weighted by Gasteiger charge is 2.28. The summed E-state index contributed by atoms with van der Waals surface area (Å²) in [4.78, 5) is 12.5. The second-order valence-electron chi connectivity index (χ2n) is 6.53. The van der Waals surface area contributed by atoms with Crippen molar-refractivity contribution in [3.8, 4) is 5.75 Å². The second kappa shape index (κ2) is 7.97. The van der Waals surface area contributed by atoms with E-state index in [0.717, 1.165) is 5.56 Å². The van der Waals surface area contributed by atoms with Gasteiger partial charge in [-0.15, -0.1) is 0 Å². The molecule has 1 unspecified atom stereocenters. The van der Waals surface area contributed by atoms with Gasteiger partial charge in [-0.1, -0.05) is 50.2 Å². The van der Waals surface area contributed by atoms with Crippen molar-refractivity contribution in [2.24, 2.45) is 11.7 Å². The third-order valence-electron chi connectivity index (χ3n) is 4.44. The first-order valence-electron chi connectivity index (χ1n) is 8.24. The maximum absolute atomic E-state index is 12.5. The van der Waals surface area contributed by atoms with Gasteiger partial charge in [0, 0.05) is 12.1 Å². The van der Waals surface area contributed by atoms with Gasteiger partial charge in [-0.3, -0.25) is 4.79 Å². The average Bonchev–Trinajstić information content (AvgIpc) is 2.60. The molecule has 128 valence electrons. The van der Waals surface area contributed by atoms with Crippen LogP contribution in [-0.2, 0) is 6.61 Å². The van der Waals surface area contributed by atoms with Crippen molar-refractivity contribution in [2.45, 2.75) is 32.9 Å². The normalized spacial score (nSPS) is 13.4. The molecule has 4 heteroatoms. The fourth-order valence-electron chi connectivity index (χ4n) is 2.23. The van der Waals surface area contributed by atoms with Crippen molar-refractivity contribution in [3.63, 3.8) is 0 Å². The molecule has 24 heavy (non-hydrogen) atoms. The summed E-state index contributed by atoms with van der Waals surface area (Å²) in [5, 5.41) is 3.04. The fourth-order valence-corrected chi connectivity index (χ4v) is 2.23. The van der Waals surface area contributed by atoms with Crippen molar-refractivity contribution in [1.82, 2.24) is 5.32 Å². The number of carbonyl (C=O) groups is 1. The molecule has 0 fully saturated rings. The first-order valence-corrected chi connectivity index (χ1v) is 8.24. The van der Waals surface area contributed by atoms with Crippen LogP contribution < -0.4 is 15.8 Å². The number of nitrogens with one attached hydrogen (secondary N) is 1. The van der Waals surface area contributed by atoms with Crippen LogP contribution in [0.2, 0.25) is 0 Å². The lowest BCUT2D eigenvalue weighted by atomic mass is 9.88. The van der Waals surface area contributed by atoms with Gasteiger partial charge in [-0.2, -0.15) is 0 Å². The highest BCUT2D eigenvalue weighted by molar-refractivity contribution is 5.95. The van der Waals surface area contributed by atoms with Gasteiger partial charge in [0.1, 0.15) is 12.4 Å². The number of benzene rings is 2. The molecule has 0 aliphatic carbocycles. The lowest BCUT2D eigenvalue weighted by Crippen LogP contribution is -2.55. The van der Waals surface area contributed by atoms with Gasteiger partial charge in [0.25, 0.3) is 5.91 Å². The zero-order valence-corrected chi connectivity index (χ0v) is 14.6. The number of rotatable bonds is 7. The van der Waals surface area contributed by atoms with Gasteiger partial charge in [0.2, 0.25) is 0 Å². The van der Waals surface area contributed by atoms with Gasteiger partial charge in [-0.05, 0) is 36.6 Å². The highest BCUT2D eigenvalue weighted by Crippen LogP contribution is 2.18. The van der Waals surface area contributed by atoms with Gasteiger partial charge < -0.3 is 15.8 Å². The molecule has 3 N–H and O–H groups in total. The molecule has 2 rings (SSSR count). The van der Waals surface area contributed by atoms with Crippen LogP contribution >= 0.6 is 0 Å². The molecule has 0 aliphatic rings. The van der Waals surface area contributed by atoms with Crippen LogP contribution in [-0.4, -0.2) is 18.0 Å². The summed E-state index contributed by atoms with van der Waals surface area (Å²) in [6, 6.07) is 17.1. The van der Waals surface area contributed by atoms with Crippen LogP contribution in [0.3, 0.4) is 0 Å². The first-order chi connectivity index (χ1) is 11.4. The van der Waals surface area contributed by atoms with Crippen LogP contribution in [0.5, 0.6) is 5.75 Å². The van der Waals surface area contributed by atoms with Crippen LogP contribution in [0.25, 0.3) is 0 Å². The maximum atomic E-state index is 12.5. The van der Waals surface area contributed by atoms with Gasteiger partial charge in [-0.25, -0.2) is 0 Å². The lowest BCUT2D eigenvalue weighted by molar-refractivity contribution is 0.0882. The maximum Gasteiger partial charge on any atom is 0.251 e. The van der Waals surface area contributed by atoms with Crippen molar-refractivity contribution in [2.75, 3.05) is 6.54 Å². The van der Waals surface area contributed by atoms with E-state index in [1.807, 2.05) is 63.2 Å². The molecular formula is C20H26N2O2. The summed E-state index contributed by atoms with van der Waals surface area (Å²) in [5.41, 5.74) is 7.06. The number of nitrogens with two attached hydrogens (primary N) is 1. The predicted octanol–water partition coefficient (Wildman–Crippen LogP) is 3.37. The van der Waals surface area contributed by atoms with Gasteiger partial charge in [0.15, 0.2) is 0 Å². The third-order valence-corrected chi connectivity index (χ3v) is 4.44. The summed E-state index contributed by atoms with van der Waals surface area (Å²) >= 11 is 0. The predicted molar refractivity (Wildman–Crippen MR) is 97.0 cm³/mol. The highest BCUT2D eigenvalue weighted by atomic mass is 16.5. The molecule has 0 saturated carbocycles. The molecular weight excluding hydrogens is 300 g/mol. The van der Waals surface area contributed by atoms with E-state index in [2.05, 4.69) is 5.32 Å². The average molecular weight is 326 g/mol. The quantitative estimate of drug-likeness (QED) is 0.820. The molecule has 0 aromatic heterocycles. The Morgan fingerprint density at radius 3 is 2.50 bits per heavy atom. The van der Waals surface area contributed by atoms with Crippen LogP contribution in [0.15, 0.2) is 54.6 Å². The zero-order valence-electron chi connectivity index (χ0n) is 14.6. The monoisotopic (exact) mass is 326 g/mol. The SMILES string of the molecule is CC(C)C(C)(CN)NC(=O)c1cccc(OCc2ccccc2)c1. The molecule has 0 spiro atoms. The first kappa shape index (κ1) is 18.0. The third kappa shape index (κ3) is 4.59. The summed E-state index contributed by atoms with van der Waals surface area (Å²) in [5.74, 6) is 0.774. The summed E-state index contributed by atoms with van der Waals surface area (Å²) in [7, 11) is 0. The van der Waals surface area contributed by atoms with E-state index in [0.29, 0.717) is 24.5 Å². The van der Waals surface area contributed by atoms with E-state index < -0.39 is 5.54 Å². The Kier molecular flexibility index (Phi) is 5.99. The topological polar surface area (TPSA) is 64.3 Å². The number of hydrogen-bond acceptors (Lipinski definition) is 3. The molecule has 0 bridgehead atoms. The summed E-state index contributed by atoms with van der Waals surface area (Å²) < 4.78 is 5.78. The van der Waals surface area contributed by atoms with Crippen LogP contribution in [0.4, 0.5) is 0 Å². The molecule has 2 aromatic carbocycles. The fraction of sp³-hybridized carbons (Fsp3) is 0.350. The summed E-state index contributed by atoms with van der Waals surface area (Å²) in [6.07, 6.45) is 0. The zero-order chi connectivity index (χ0) is 17.6. The largest absolute Gasteiger partial charge is 0.489 e. The number of carbonyl (C=O) groups excluding carboxylic acids is 1. The Morgan fingerprint density at radius 1 is 1.17 bits per heavy atom. The minimum atomic E-state index is -0.433. The summed E-state index contributed by atoms with van der Waals surface area (Å²) in [6.45, 7) is 6.92. The molecule has 0 radical (unpaired) electrons. The van der Waals surface area contributed by atoms with Crippen molar-refractivity contribution in [3.05, 3.63) is 65.7 Å². The van der Waals surface area contributed by atoms with E-state index in [1.54, 1.807) is 12.1 Å². The minimum Gasteiger partial charge on any atom is -0.489 e. The van der Waals surface area contributed by atoms with E-state index >= 15 is 0 Å². The van der Waals surface area contributed by atoms with Crippen LogP contribution in [0, 0.1) is 5.92 Å². The Labute approximate surface area is 144 Å². The van der Waals surface area contributed by atoms with E-state index in [-0.39, 0.29) is 11.8 Å². The Bertz CT molecular complexity index is 670. The molecule has 0 aliphatic heterocycles. The van der Waals surface area contributed by atoms with E-state index in [1.165, 1.54) is 0 Å². The Morgan fingerprint density at radius 2 is 1.88 bits per heavy atom. The lowest BCUT2D eigenvalue weighted by Gasteiger charge is -2.33. The molecule has 2 aromatic rings. The van der Waals surface area contributed by atoms with Gasteiger partial charge >= 0.3 is 0 Å². The van der Waals surface area contributed by atoms with E-state index in [9.17, 15) is 4.79 Å². The Hall–Kier alpha value is -2.33. The van der Waals surface area contributed by atoms with Crippen LogP contribution in [0.1, 0.15) is 36.7 Å². The number of hydrogen-bond donors (Lipinski definition) is 2. The number of ether oxygens (including phenoxy) is 1. The van der Waals surface area contributed by atoms with Crippen molar-refractivity contribution >= 4 is 5.91 Å². The molecule has 1 amide bonds. The van der Waals surface area contributed by atoms with Crippen molar-refractivity contribution in [1.29, 1.82) is 0 Å². The second-order valence-corrected chi connectivity index (χ2v) is 6.53. The standard InChI is InChI=1S/C20H26N2O2/c1-15(2)20(3,14-21)22-19(23)17-10-7-11-18(12-17)24-13-16-8-5-4-6-9-16/h4-12,15H,13-14,21H2,1-3H3,(H,22,23).